The Morgan fingerprint density at radius 2 is 1.88 bits per heavy atom. The topological polar surface area (TPSA) is 68.1 Å². The molecule has 0 saturated carbocycles. The monoisotopic (exact) mass is 322 g/mol. The Bertz CT molecular complexity index is 847. The number of hydrogen-bond acceptors (Lipinski definition) is 3. The number of aromatic nitrogens is 1. The summed E-state index contributed by atoms with van der Waals surface area (Å²) in [6, 6.07) is 13.4. The number of aryl methyl sites for hydroxylation is 2. The molecule has 4 heteroatoms. The summed E-state index contributed by atoms with van der Waals surface area (Å²) in [6.45, 7) is 4.31. The molecule has 2 aromatic carbocycles. The number of hydrogen-bond donors (Lipinski definition) is 2. The van der Waals surface area contributed by atoms with Crippen molar-refractivity contribution in [2.24, 2.45) is 5.73 Å². The van der Waals surface area contributed by atoms with Crippen LogP contribution in [0.1, 0.15) is 22.3 Å². The molecule has 0 aliphatic carbocycles. The number of carbonyl (C=O) groups is 1. The van der Waals surface area contributed by atoms with Crippen molar-refractivity contribution >= 4 is 16.9 Å². The summed E-state index contributed by atoms with van der Waals surface area (Å²) in [4.78, 5) is 15.4. The number of ether oxygens (including phenoxy) is 1. The Morgan fingerprint density at radius 3 is 2.62 bits per heavy atom. The molecule has 0 unspecified atom stereocenters. The molecule has 1 aromatic heterocycles. The maximum atomic E-state index is 12.2. The van der Waals surface area contributed by atoms with Gasteiger partial charge in [-0.05, 0) is 31.0 Å². The summed E-state index contributed by atoms with van der Waals surface area (Å²) in [5.74, 6) is -0.376. The van der Waals surface area contributed by atoms with E-state index < -0.39 is 6.04 Å². The van der Waals surface area contributed by atoms with Crippen molar-refractivity contribution in [2.45, 2.75) is 32.9 Å². The van der Waals surface area contributed by atoms with Gasteiger partial charge in [-0.3, -0.25) is 4.79 Å². The van der Waals surface area contributed by atoms with Crippen LogP contribution in [0.5, 0.6) is 0 Å². The molecule has 0 spiro atoms. The van der Waals surface area contributed by atoms with Gasteiger partial charge in [0.1, 0.15) is 12.6 Å². The highest BCUT2D eigenvalue weighted by Crippen LogP contribution is 2.19. The van der Waals surface area contributed by atoms with Gasteiger partial charge in [0.15, 0.2) is 0 Å². The van der Waals surface area contributed by atoms with Gasteiger partial charge in [0.05, 0.1) is 0 Å². The van der Waals surface area contributed by atoms with E-state index in [2.05, 4.69) is 11.1 Å². The molecule has 0 aliphatic heterocycles. The maximum absolute atomic E-state index is 12.2. The van der Waals surface area contributed by atoms with Crippen molar-refractivity contribution < 1.29 is 9.53 Å². The Hall–Kier alpha value is -2.59. The normalized spacial score (nSPS) is 12.3. The van der Waals surface area contributed by atoms with Crippen LogP contribution in [-0.2, 0) is 22.6 Å². The molecular formula is C20H22N2O2. The van der Waals surface area contributed by atoms with Crippen molar-refractivity contribution in [3.05, 3.63) is 70.9 Å². The van der Waals surface area contributed by atoms with E-state index >= 15 is 0 Å². The van der Waals surface area contributed by atoms with E-state index in [0.29, 0.717) is 6.42 Å². The van der Waals surface area contributed by atoms with Crippen LogP contribution in [0.25, 0.3) is 10.9 Å². The largest absolute Gasteiger partial charge is 0.460 e. The summed E-state index contributed by atoms with van der Waals surface area (Å²) < 4.78 is 5.39. The van der Waals surface area contributed by atoms with E-state index in [-0.39, 0.29) is 12.6 Å². The number of aromatic amines is 1. The van der Waals surface area contributed by atoms with Gasteiger partial charge in [0.2, 0.25) is 0 Å². The smallest absolute Gasteiger partial charge is 0.323 e. The number of nitrogens with two attached hydrogens (primary N) is 1. The molecule has 3 aromatic rings. The molecule has 0 saturated heterocycles. The summed E-state index contributed by atoms with van der Waals surface area (Å²) in [5.41, 5.74) is 11.4. The van der Waals surface area contributed by atoms with Crippen molar-refractivity contribution in [3.8, 4) is 0 Å². The number of carbonyl (C=O) groups excluding carboxylic acids is 1. The number of nitrogens with one attached hydrogen (secondary N) is 1. The van der Waals surface area contributed by atoms with Crippen LogP contribution < -0.4 is 5.73 Å². The molecule has 0 radical (unpaired) electrons. The third-order valence-corrected chi connectivity index (χ3v) is 4.08. The second-order valence-electron chi connectivity index (χ2n) is 6.27. The van der Waals surface area contributed by atoms with Crippen LogP contribution in [0.2, 0.25) is 0 Å². The van der Waals surface area contributed by atoms with Crippen LogP contribution >= 0.6 is 0 Å². The van der Waals surface area contributed by atoms with Gasteiger partial charge in [-0.15, -0.1) is 0 Å². The number of rotatable bonds is 5. The fourth-order valence-corrected chi connectivity index (χ4v) is 3.03. The van der Waals surface area contributed by atoms with Crippen molar-refractivity contribution in [3.63, 3.8) is 0 Å². The molecule has 3 rings (SSSR count). The lowest BCUT2D eigenvalue weighted by molar-refractivity contribution is -0.146. The second kappa shape index (κ2) is 6.89. The summed E-state index contributed by atoms with van der Waals surface area (Å²) in [5, 5.41) is 1.09. The van der Waals surface area contributed by atoms with Gasteiger partial charge < -0.3 is 15.5 Å². The van der Waals surface area contributed by atoms with Crippen LogP contribution in [0, 0.1) is 13.8 Å². The molecule has 0 fully saturated rings. The summed E-state index contributed by atoms with van der Waals surface area (Å²) in [6.07, 6.45) is 2.36. The highest BCUT2D eigenvalue weighted by atomic mass is 16.5. The fourth-order valence-electron chi connectivity index (χ4n) is 3.03. The van der Waals surface area contributed by atoms with Crippen molar-refractivity contribution in [2.75, 3.05) is 0 Å². The van der Waals surface area contributed by atoms with Gasteiger partial charge in [-0.25, -0.2) is 0 Å². The lowest BCUT2D eigenvalue weighted by Gasteiger charge is -2.12. The molecule has 4 nitrogen and oxygen atoms in total. The Kier molecular flexibility index (Phi) is 4.67. The van der Waals surface area contributed by atoms with Crippen LogP contribution in [0.4, 0.5) is 0 Å². The standard InChI is InChI=1S/C20H22N2O2/c1-13-7-14(2)9-15(8-13)12-24-20(23)18(21)10-16-11-22-19-6-4-3-5-17(16)19/h3-9,11,18,22H,10,12,21H2,1-2H3/t18-/m1/s1. The minimum Gasteiger partial charge on any atom is -0.460 e. The van der Waals surface area contributed by atoms with Gasteiger partial charge in [-0.1, -0.05) is 47.5 Å². The minimum atomic E-state index is -0.671. The third kappa shape index (κ3) is 3.66. The lowest BCUT2D eigenvalue weighted by Crippen LogP contribution is -2.34. The predicted molar refractivity (Wildman–Crippen MR) is 95.7 cm³/mol. The Morgan fingerprint density at radius 1 is 1.17 bits per heavy atom. The first kappa shape index (κ1) is 16.3. The summed E-state index contributed by atoms with van der Waals surface area (Å²) >= 11 is 0. The molecule has 0 amide bonds. The van der Waals surface area contributed by atoms with Gasteiger partial charge >= 0.3 is 5.97 Å². The Labute approximate surface area is 141 Å². The molecule has 24 heavy (non-hydrogen) atoms. The van der Waals surface area contributed by atoms with E-state index in [0.717, 1.165) is 33.2 Å². The molecule has 124 valence electrons. The fraction of sp³-hybridized carbons (Fsp3) is 0.250. The van der Waals surface area contributed by atoms with E-state index in [1.165, 1.54) is 0 Å². The van der Waals surface area contributed by atoms with Gasteiger partial charge in [0.25, 0.3) is 0 Å². The quantitative estimate of drug-likeness (QED) is 0.707. The number of H-pyrrole nitrogens is 1. The number of fused-ring (bicyclic) bond motifs is 1. The van der Waals surface area contributed by atoms with E-state index in [1.54, 1.807) is 0 Å². The molecule has 0 aliphatic rings. The van der Waals surface area contributed by atoms with E-state index in [4.69, 9.17) is 10.5 Å². The zero-order valence-electron chi connectivity index (χ0n) is 14.0. The van der Waals surface area contributed by atoms with Crippen molar-refractivity contribution in [1.82, 2.24) is 4.98 Å². The predicted octanol–water partition coefficient (Wildman–Crippen LogP) is 3.40. The molecule has 1 atom stereocenters. The Balaban J connectivity index is 1.62. The average Bonchev–Trinajstić information content (AvgIpc) is 2.95. The second-order valence-corrected chi connectivity index (χ2v) is 6.27. The first-order valence-corrected chi connectivity index (χ1v) is 8.07. The van der Waals surface area contributed by atoms with Crippen molar-refractivity contribution in [1.29, 1.82) is 0 Å². The highest BCUT2D eigenvalue weighted by Gasteiger charge is 2.17. The zero-order valence-corrected chi connectivity index (χ0v) is 14.0. The zero-order chi connectivity index (χ0) is 17.1. The number of esters is 1. The average molecular weight is 322 g/mol. The molecule has 0 bridgehead atoms. The van der Waals surface area contributed by atoms with E-state index in [1.807, 2.05) is 56.4 Å². The molecule has 3 N–H and O–H groups in total. The van der Waals surface area contributed by atoms with Gasteiger partial charge in [-0.2, -0.15) is 0 Å². The first-order valence-electron chi connectivity index (χ1n) is 8.07. The first-order chi connectivity index (χ1) is 11.5. The molecule has 1 heterocycles. The van der Waals surface area contributed by atoms with Crippen LogP contribution in [-0.4, -0.2) is 17.0 Å². The third-order valence-electron chi connectivity index (χ3n) is 4.08. The maximum Gasteiger partial charge on any atom is 0.323 e. The minimum absolute atomic E-state index is 0.253. The summed E-state index contributed by atoms with van der Waals surface area (Å²) in [7, 11) is 0. The number of benzene rings is 2. The highest BCUT2D eigenvalue weighted by molar-refractivity contribution is 5.84. The SMILES string of the molecule is Cc1cc(C)cc(COC(=O)[C@H](N)Cc2c[nH]c3ccccc23)c1. The van der Waals surface area contributed by atoms with Gasteiger partial charge in [0, 0.05) is 23.5 Å². The van der Waals surface area contributed by atoms with E-state index in [9.17, 15) is 4.79 Å². The lowest BCUT2D eigenvalue weighted by atomic mass is 10.1. The van der Waals surface area contributed by atoms with Crippen LogP contribution in [0.15, 0.2) is 48.7 Å². The number of para-hydroxylation sites is 1. The molecular weight excluding hydrogens is 300 g/mol. The van der Waals surface area contributed by atoms with Crippen LogP contribution in [0.3, 0.4) is 0 Å².